The molecule has 604 valence electrons. The zero-order valence-electron chi connectivity index (χ0n) is 73.2. The zero-order valence-corrected chi connectivity index (χ0v) is 73.2. The molecule has 0 aromatic rings. The van der Waals surface area contributed by atoms with Crippen LogP contribution in [0.3, 0.4) is 0 Å². The van der Waals surface area contributed by atoms with Crippen molar-refractivity contribution in [3.05, 3.63) is 379 Å². The maximum atomic E-state index is 10.5. The Morgan fingerprint density at radius 3 is 1.04 bits per heavy atom. The molecule has 3 aliphatic carbocycles. The molecule has 112 heavy (non-hydrogen) atoms. The van der Waals surface area contributed by atoms with Crippen molar-refractivity contribution in [3.63, 3.8) is 0 Å². The summed E-state index contributed by atoms with van der Waals surface area (Å²) in [7, 11) is 0. The van der Waals surface area contributed by atoms with E-state index in [0.29, 0.717) is 27.9 Å². The van der Waals surface area contributed by atoms with Crippen LogP contribution in [0.25, 0.3) is 0 Å². The van der Waals surface area contributed by atoms with E-state index in [1.165, 1.54) is 112 Å². The minimum Gasteiger partial charge on any atom is -0.478 e. The van der Waals surface area contributed by atoms with E-state index in [9.17, 15) is 19.2 Å². The fourth-order valence-electron chi connectivity index (χ4n) is 11.3. The third-order valence-electron chi connectivity index (χ3n) is 17.8. The summed E-state index contributed by atoms with van der Waals surface area (Å²) < 4.78 is 0. The molecule has 0 radical (unpaired) electrons. The van der Waals surface area contributed by atoms with Crippen LogP contribution in [0, 0.1) is 22.2 Å². The second-order valence-corrected chi connectivity index (χ2v) is 31.3. The molecular weight excluding hydrogens is 1380 g/mol. The summed E-state index contributed by atoms with van der Waals surface area (Å²) in [6.45, 7) is 54.5. The van der Waals surface area contributed by atoms with Crippen molar-refractivity contribution >= 4 is 23.9 Å². The van der Waals surface area contributed by atoms with E-state index >= 15 is 0 Å². The van der Waals surface area contributed by atoms with E-state index in [2.05, 4.69) is 247 Å². The molecule has 0 saturated heterocycles. The molecule has 0 fully saturated rings. The van der Waals surface area contributed by atoms with Gasteiger partial charge in [0.1, 0.15) is 0 Å². The summed E-state index contributed by atoms with van der Waals surface area (Å²) in [4.78, 5) is 42.0. The van der Waals surface area contributed by atoms with Crippen molar-refractivity contribution in [3.8, 4) is 0 Å². The normalized spacial score (nSPS) is 18.4. The molecule has 1 atom stereocenters. The van der Waals surface area contributed by atoms with Crippen LogP contribution in [0.1, 0.15) is 219 Å². The zero-order chi connectivity index (χ0) is 85.4. The molecular formula is C104H140O8. The van der Waals surface area contributed by atoms with Crippen LogP contribution < -0.4 is 0 Å². The van der Waals surface area contributed by atoms with Gasteiger partial charge in [-0.15, -0.1) is 0 Å². The van der Waals surface area contributed by atoms with Gasteiger partial charge in [-0.2, -0.15) is 0 Å². The lowest BCUT2D eigenvalue weighted by Gasteiger charge is -2.36. The molecule has 0 aromatic heterocycles. The first kappa shape index (κ1) is 104. The number of rotatable bonds is 30. The van der Waals surface area contributed by atoms with Gasteiger partial charge in [0.15, 0.2) is 0 Å². The van der Waals surface area contributed by atoms with Crippen molar-refractivity contribution in [2.24, 2.45) is 22.2 Å². The van der Waals surface area contributed by atoms with E-state index in [-0.39, 0.29) is 5.41 Å². The summed E-state index contributed by atoms with van der Waals surface area (Å²) in [5, 5.41) is 34.5. The fraction of sp³-hybridized carbons (Fsp3) is 0.346. The fourth-order valence-corrected chi connectivity index (χ4v) is 11.3. The Morgan fingerprint density at radius 2 is 0.688 bits per heavy atom. The first-order chi connectivity index (χ1) is 52.4. The average Bonchev–Trinajstić information content (AvgIpc) is 0.835. The molecule has 1 unspecified atom stereocenters. The minimum absolute atomic E-state index is 0.173. The molecule has 3 aliphatic rings. The molecule has 0 heterocycles. The van der Waals surface area contributed by atoms with Crippen LogP contribution in [0.4, 0.5) is 0 Å². The van der Waals surface area contributed by atoms with Crippen molar-refractivity contribution in [2.75, 3.05) is 0 Å². The van der Waals surface area contributed by atoms with Gasteiger partial charge in [-0.05, 0) is 232 Å². The van der Waals surface area contributed by atoms with Gasteiger partial charge in [-0.3, -0.25) is 0 Å². The Balaban J connectivity index is 0. The van der Waals surface area contributed by atoms with Gasteiger partial charge in [-0.1, -0.05) is 358 Å². The number of aliphatic carboxylic acids is 4. The second-order valence-electron chi connectivity index (χ2n) is 31.3. The lowest BCUT2D eigenvalue weighted by molar-refractivity contribution is -0.132. The lowest BCUT2D eigenvalue weighted by Crippen LogP contribution is -2.26. The van der Waals surface area contributed by atoms with Gasteiger partial charge in [-0.25, -0.2) is 19.2 Å². The van der Waals surface area contributed by atoms with Crippen LogP contribution >= 0.6 is 0 Å². The largest absolute Gasteiger partial charge is 0.478 e. The maximum Gasteiger partial charge on any atom is 0.328 e. The second kappa shape index (κ2) is 58.5. The SMILES string of the molecule is C/C=C(C)/C=C/C=C(C)/C=C/C=C(C)/C=C/C1=C(C)CCCC1(C)C.CC(C)=C\C=C/C(C)=C/C=C/C(C)=C/C=C/C(C)=C/C(=O)O.CC(C)=C\C=C/C=C/C=C/C(C)=C/C=C/C(C)=C/C(=O)O.CC1=C(/C=C/C(C)=C/C=C/C(C)=C/C(=O)O)C(C)(C)CC=C1.CC1=CCCC(C)(C)C1/C=C/C(C)=C/C=C/C(C)=C/C(=O)O. The van der Waals surface area contributed by atoms with E-state index in [1.54, 1.807) is 57.6 Å². The van der Waals surface area contributed by atoms with Crippen LogP contribution in [0.2, 0.25) is 0 Å². The van der Waals surface area contributed by atoms with Crippen LogP contribution in [-0.4, -0.2) is 44.3 Å². The smallest absolute Gasteiger partial charge is 0.328 e. The number of allylic oxidation sites excluding steroid dienone is 60. The maximum absolute atomic E-state index is 10.5. The summed E-state index contributed by atoms with van der Waals surface area (Å²) in [5.74, 6) is -3.20. The average molecular weight is 1520 g/mol. The Labute approximate surface area is 679 Å². The third kappa shape index (κ3) is 55.9. The van der Waals surface area contributed by atoms with Crippen molar-refractivity contribution in [1.29, 1.82) is 0 Å². The van der Waals surface area contributed by atoms with E-state index in [4.69, 9.17) is 20.4 Å². The molecule has 8 nitrogen and oxygen atoms in total. The molecule has 0 bridgehead atoms. The van der Waals surface area contributed by atoms with Gasteiger partial charge < -0.3 is 20.4 Å². The molecule has 3 rings (SSSR count). The van der Waals surface area contributed by atoms with Gasteiger partial charge in [0, 0.05) is 30.2 Å². The number of carbonyl (C=O) groups is 4. The Bertz CT molecular complexity index is 4160. The standard InChI is InChI=1S/C25H36.C20H28O2.2C20H26O2.C19H24O2/c1-8-20(2)12-9-13-21(3)14-10-15-22(4)17-18-24-23(5)16-11-19-25(24,6)7;2*1-15(8-6-9-16(2)14-19(21)22)11-12-18-17(3)10-7-13-20(18,4)5;1-16(2)9-6-10-17(3)11-7-12-18(4)13-8-14-19(5)15-20(21)22;1-16(2)11-8-6-5-7-9-12-17(3)13-10-14-18(4)15-19(20)21/h8-10,12-15,17-18H,11,16,19H2,1-7H3;6,8-12,14,18H,7,13H2,1-5H3,(H,21,22);6-12,14H,13H2,1-5H3,(H,21,22);6-15H,1-5H3,(H,21,22);5-15H,1-4H3,(H,20,21)/b12-9+,14-10+,18-17+,20-8+,21-13+,22-15+;2*9-6+,12-11+,15-8+,16-14+;10-6-,12-7+,14-8+,17-11+,18-13+,19-15+;7-5+,8-6-,12-9+,14-10+,17-13+,18-15+. The van der Waals surface area contributed by atoms with Crippen LogP contribution in [0.15, 0.2) is 379 Å². The molecule has 0 aliphatic heterocycles. The predicted octanol–water partition coefficient (Wildman–Crippen LogP) is 29.6. The summed E-state index contributed by atoms with van der Waals surface area (Å²) in [5.41, 5.74) is 22.9. The van der Waals surface area contributed by atoms with Crippen molar-refractivity contribution in [2.45, 2.75) is 219 Å². The number of hydrogen-bond donors (Lipinski definition) is 4. The van der Waals surface area contributed by atoms with Gasteiger partial charge >= 0.3 is 23.9 Å². The summed E-state index contributed by atoms with van der Waals surface area (Å²) >= 11 is 0. The lowest BCUT2D eigenvalue weighted by atomic mass is 9.68. The Kier molecular flexibility index (Phi) is 54.1. The first-order valence-corrected chi connectivity index (χ1v) is 38.9. The monoisotopic (exact) mass is 1520 g/mol. The van der Waals surface area contributed by atoms with Gasteiger partial charge in [0.2, 0.25) is 0 Å². The van der Waals surface area contributed by atoms with Crippen molar-refractivity contribution < 1.29 is 39.6 Å². The van der Waals surface area contributed by atoms with E-state index in [0.717, 1.165) is 39.9 Å². The third-order valence-corrected chi connectivity index (χ3v) is 17.8. The number of carboxylic acid groups (broad SMARTS) is 4. The molecule has 4 N–H and O–H groups in total. The number of carboxylic acids is 4. The summed E-state index contributed by atoms with van der Waals surface area (Å²) in [6.07, 6.45) is 95.8. The van der Waals surface area contributed by atoms with E-state index < -0.39 is 23.9 Å². The molecule has 0 amide bonds. The quantitative estimate of drug-likeness (QED) is 0.0316. The topological polar surface area (TPSA) is 149 Å². The first-order valence-electron chi connectivity index (χ1n) is 38.9. The number of hydrogen-bond acceptors (Lipinski definition) is 4. The van der Waals surface area contributed by atoms with E-state index in [1.807, 2.05) is 130 Å². The minimum atomic E-state index is -0.927. The molecule has 0 saturated carbocycles. The van der Waals surface area contributed by atoms with Crippen LogP contribution in [0.5, 0.6) is 0 Å². The van der Waals surface area contributed by atoms with Gasteiger partial charge in [0.05, 0.1) is 0 Å². The highest BCUT2D eigenvalue weighted by Crippen LogP contribution is 2.43. The highest BCUT2D eigenvalue weighted by Gasteiger charge is 2.31. The highest BCUT2D eigenvalue weighted by atomic mass is 16.4. The van der Waals surface area contributed by atoms with Crippen LogP contribution in [-0.2, 0) is 19.2 Å². The Morgan fingerprint density at radius 1 is 0.366 bits per heavy atom. The molecule has 8 heteroatoms. The summed E-state index contributed by atoms with van der Waals surface area (Å²) in [6, 6.07) is 0. The predicted molar refractivity (Wildman–Crippen MR) is 489 cm³/mol. The Hall–Kier alpha value is -10.4. The molecule has 0 aromatic carbocycles. The highest BCUT2D eigenvalue weighted by molar-refractivity contribution is 5.82. The van der Waals surface area contributed by atoms with Gasteiger partial charge in [0.25, 0.3) is 0 Å². The van der Waals surface area contributed by atoms with Crippen molar-refractivity contribution in [1.82, 2.24) is 0 Å². The molecule has 0 spiro atoms.